The molecule has 4 heterocycles. The van der Waals surface area contributed by atoms with E-state index >= 15 is 0 Å². The van der Waals surface area contributed by atoms with Crippen molar-refractivity contribution < 1.29 is 0 Å². The summed E-state index contributed by atoms with van der Waals surface area (Å²) in [5.41, 5.74) is 0. The lowest BCUT2D eigenvalue weighted by Gasteiger charge is -2.47. The molecule has 1 atom stereocenters. The maximum Gasteiger partial charge on any atom is 0.191 e. The van der Waals surface area contributed by atoms with Gasteiger partial charge in [-0.3, -0.25) is 14.8 Å². The molecule has 0 saturated carbocycles. The average Bonchev–Trinajstić information content (AvgIpc) is 3.05. The molecule has 6 heteroatoms. The smallest absolute Gasteiger partial charge is 0.191 e. The molecule has 2 bridgehead atoms. The number of fused-ring (bicyclic) bond motifs is 3. The molecule has 0 amide bonds. The quantitative estimate of drug-likeness (QED) is 0.612. The number of rotatable bonds is 5. The summed E-state index contributed by atoms with van der Waals surface area (Å²) in [4.78, 5) is 10.9. The Morgan fingerprint density at radius 1 is 1.33 bits per heavy atom. The predicted molar refractivity (Wildman–Crippen MR) is 89.2 cm³/mol. The molecule has 116 valence electrons. The van der Waals surface area contributed by atoms with Gasteiger partial charge in [-0.05, 0) is 17.9 Å². The molecule has 3 aliphatic rings. The van der Waals surface area contributed by atoms with Gasteiger partial charge in [0.2, 0.25) is 0 Å². The highest BCUT2D eigenvalue weighted by molar-refractivity contribution is 7.09. The molecule has 2 N–H and O–H groups in total. The van der Waals surface area contributed by atoms with E-state index in [1.807, 2.05) is 18.4 Å². The van der Waals surface area contributed by atoms with Crippen LogP contribution >= 0.6 is 11.3 Å². The van der Waals surface area contributed by atoms with Crippen LogP contribution in [0.1, 0.15) is 4.88 Å². The molecule has 21 heavy (non-hydrogen) atoms. The van der Waals surface area contributed by atoms with Gasteiger partial charge in [0.05, 0.1) is 0 Å². The monoisotopic (exact) mass is 307 g/mol. The molecular formula is C15H25N5S. The Bertz CT molecular complexity index is 451. The van der Waals surface area contributed by atoms with Crippen molar-refractivity contribution in [2.75, 3.05) is 52.9 Å². The minimum Gasteiger partial charge on any atom is -0.356 e. The van der Waals surface area contributed by atoms with Crippen LogP contribution in [0, 0.1) is 0 Å². The van der Waals surface area contributed by atoms with E-state index in [0.29, 0.717) is 6.04 Å². The third kappa shape index (κ3) is 3.96. The van der Waals surface area contributed by atoms with Crippen LogP contribution in [0.2, 0.25) is 0 Å². The molecule has 3 aliphatic heterocycles. The van der Waals surface area contributed by atoms with Gasteiger partial charge >= 0.3 is 0 Å². The lowest BCUT2D eigenvalue weighted by atomic mass is 10.1. The number of hydrogen-bond acceptors (Lipinski definition) is 4. The predicted octanol–water partition coefficient (Wildman–Crippen LogP) is 0.455. The van der Waals surface area contributed by atoms with Gasteiger partial charge in [-0.15, -0.1) is 11.3 Å². The fraction of sp³-hybridized carbons (Fsp3) is 0.667. The second kappa shape index (κ2) is 7.24. The van der Waals surface area contributed by atoms with Gasteiger partial charge in [0.15, 0.2) is 5.96 Å². The zero-order valence-electron chi connectivity index (χ0n) is 12.7. The number of nitrogens with one attached hydrogen (secondary N) is 2. The van der Waals surface area contributed by atoms with Gasteiger partial charge in [-0.25, -0.2) is 0 Å². The largest absolute Gasteiger partial charge is 0.356 e. The van der Waals surface area contributed by atoms with Crippen LogP contribution < -0.4 is 10.6 Å². The normalized spacial score (nSPS) is 28.6. The molecule has 0 spiro atoms. The van der Waals surface area contributed by atoms with E-state index in [-0.39, 0.29) is 0 Å². The Balaban J connectivity index is 1.38. The topological polar surface area (TPSA) is 42.9 Å². The van der Waals surface area contributed by atoms with Crippen molar-refractivity contribution in [3.05, 3.63) is 22.4 Å². The summed E-state index contributed by atoms with van der Waals surface area (Å²) >= 11 is 1.81. The Labute approximate surface area is 131 Å². The van der Waals surface area contributed by atoms with Crippen LogP contribution in [0.4, 0.5) is 0 Å². The molecule has 0 aromatic carbocycles. The molecule has 1 unspecified atom stereocenters. The van der Waals surface area contributed by atoms with Gasteiger partial charge in [-0.2, -0.15) is 0 Å². The zero-order valence-corrected chi connectivity index (χ0v) is 13.5. The lowest BCUT2D eigenvalue weighted by molar-refractivity contribution is 0.0154. The number of nitrogens with zero attached hydrogens (tertiary/aromatic N) is 3. The number of hydrogen-bond donors (Lipinski definition) is 2. The van der Waals surface area contributed by atoms with Crippen LogP contribution in [0.15, 0.2) is 22.5 Å². The molecular weight excluding hydrogens is 282 g/mol. The van der Waals surface area contributed by atoms with Gasteiger partial charge in [0, 0.05) is 63.8 Å². The molecule has 1 aromatic heterocycles. The third-order valence-electron chi connectivity index (χ3n) is 4.36. The second-order valence-electron chi connectivity index (χ2n) is 5.70. The summed E-state index contributed by atoms with van der Waals surface area (Å²) in [6.45, 7) is 8.02. The van der Waals surface area contributed by atoms with Crippen LogP contribution in [-0.4, -0.2) is 74.7 Å². The standard InChI is InChI=1S/C15H25N5S/c1-16-15(17-5-4-14-3-2-10-21-14)18-11-13-12-19-6-8-20(13)9-7-19/h2-3,10,13H,4-9,11-12H2,1H3,(H2,16,17,18). The van der Waals surface area contributed by atoms with Gasteiger partial charge < -0.3 is 10.6 Å². The van der Waals surface area contributed by atoms with Crippen molar-refractivity contribution in [1.82, 2.24) is 20.4 Å². The van der Waals surface area contributed by atoms with E-state index in [2.05, 4.69) is 42.9 Å². The number of thiophene rings is 1. The van der Waals surface area contributed by atoms with E-state index in [4.69, 9.17) is 0 Å². The highest BCUT2D eigenvalue weighted by atomic mass is 32.1. The average molecular weight is 307 g/mol. The fourth-order valence-corrected chi connectivity index (χ4v) is 3.82. The third-order valence-corrected chi connectivity index (χ3v) is 5.30. The summed E-state index contributed by atoms with van der Waals surface area (Å²) in [6, 6.07) is 4.92. The summed E-state index contributed by atoms with van der Waals surface area (Å²) in [5, 5.41) is 9.01. The van der Waals surface area contributed by atoms with E-state index in [1.54, 1.807) is 0 Å². The van der Waals surface area contributed by atoms with Crippen LogP contribution in [0.3, 0.4) is 0 Å². The second-order valence-corrected chi connectivity index (χ2v) is 6.73. The molecule has 5 nitrogen and oxygen atoms in total. The SMILES string of the molecule is CN=C(NCCc1cccs1)NCC1CN2CCN1CC2. The lowest BCUT2D eigenvalue weighted by Crippen LogP contribution is -2.63. The molecule has 0 radical (unpaired) electrons. The van der Waals surface area contributed by atoms with Crippen molar-refractivity contribution >= 4 is 17.3 Å². The zero-order chi connectivity index (χ0) is 14.5. The van der Waals surface area contributed by atoms with Crippen molar-refractivity contribution in [2.45, 2.75) is 12.5 Å². The van der Waals surface area contributed by atoms with Crippen molar-refractivity contribution in [3.63, 3.8) is 0 Å². The maximum atomic E-state index is 4.32. The van der Waals surface area contributed by atoms with E-state index in [0.717, 1.165) is 25.5 Å². The Hall–Kier alpha value is -1.11. The Morgan fingerprint density at radius 3 is 2.81 bits per heavy atom. The first-order chi connectivity index (χ1) is 10.3. The highest BCUT2D eigenvalue weighted by Gasteiger charge is 2.31. The minimum atomic E-state index is 0.628. The van der Waals surface area contributed by atoms with Gasteiger partial charge in [-0.1, -0.05) is 6.07 Å². The van der Waals surface area contributed by atoms with E-state index < -0.39 is 0 Å². The molecule has 0 aliphatic carbocycles. The van der Waals surface area contributed by atoms with Crippen molar-refractivity contribution in [1.29, 1.82) is 0 Å². The Morgan fingerprint density at radius 2 is 2.19 bits per heavy atom. The summed E-state index contributed by atoms with van der Waals surface area (Å²) < 4.78 is 0. The molecule has 4 rings (SSSR count). The fourth-order valence-electron chi connectivity index (χ4n) is 3.11. The first-order valence-electron chi connectivity index (χ1n) is 7.78. The highest BCUT2D eigenvalue weighted by Crippen LogP contribution is 2.14. The number of piperazine rings is 3. The first-order valence-corrected chi connectivity index (χ1v) is 8.66. The molecule has 3 fully saturated rings. The van der Waals surface area contributed by atoms with E-state index in [9.17, 15) is 0 Å². The molecule has 1 aromatic rings. The van der Waals surface area contributed by atoms with Crippen LogP contribution in [0.25, 0.3) is 0 Å². The van der Waals surface area contributed by atoms with Gasteiger partial charge in [0.25, 0.3) is 0 Å². The van der Waals surface area contributed by atoms with Crippen molar-refractivity contribution in [3.8, 4) is 0 Å². The summed E-state index contributed by atoms with van der Waals surface area (Å²) in [6.07, 6.45) is 1.06. The minimum absolute atomic E-state index is 0.628. The summed E-state index contributed by atoms with van der Waals surface area (Å²) in [5.74, 6) is 0.921. The Kier molecular flexibility index (Phi) is 5.11. The molecule has 3 saturated heterocycles. The number of guanidine groups is 1. The van der Waals surface area contributed by atoms with Gasteiger partial charge in [0.1, 0.15) is 0 Å². The maximum absolute atomic E-state index is 4.32. The van der Waals surface area contributed by atoms with Crippen molar-refractivity contribution in [2.24, 2.45) is 4.99 Å². The van der Waals surface area contributed by atoms with Crippen LogP contribution in [-0.2, 0) is 6.42 Å². The number of aliphatic imine (C=N–C) groups is 1. The van der Waals surface area contributed by atoms with E-state index in [1.165, 1.54) is 37.6 Å². The van der Waals surface area contributed by atoms with Crippen LogP contribution in [0.5, 0.6) is 0 Å². The first kappa shape index (κ1) is 14.8. The summed E-state index contributed by atoms with van der Waals surface area (Å²) in [7, 11) is 1.84.